The summed E-state index contributed by atoms with van der Waals surface area (Å²) in [7, 11) is 0. The third-order valence-corrected chi connectivity index (χ3v) is 4.16. The lowest BCUT2D eigenvalue weighted by Gasteiger charge is -2.03. The third-order valence-electron chi connectivity index (χ3n) is 2.84. The number of aryl methyl sites for hydroxylation is 1. The smallest absolute Gasteiger partial charge is 0.355 e. The van der Waals surface area contributed by atoms with E-state index in [-0.39, 0.29) is 5.97 Å². The van der Waals surface area contributed by atoms with Crippen molar-refractivity contribution >= 4 is 28.6 Å². The van der Waals surface area contributed by atoms with Gasteiger partial charge in [0, 0.05) is 15.8 Å². The number of aromatic amines is 1. The van der Waals surface area contributed by atoms with Crippen molar-refractivity contribution < 1.29 is 9.53 Å². The predicted molar refractivity (Wildman–Crippen MR) is 80.0 cm³/mol. The van der Waals surface area contributed by atoms with Crippen LogP contribution in [-0.2, 0) is 4.74 Å². The van der Waals surface area contributed by atoms with Gasteiger partial charge >= 0.3 is 5.97 Å². The van der Waals surface area contributed by atoms with Gasteiger partial charge in [0.25, 0.3) is 0 Å². The maximum absolute atomic E-state index is 12.0. The van der Waals surface area contributed by atoms with Gasteiger partial charge in [-0.1, -0.05) is 18.6 Å². The molecule has 4 heteroatoms. The average Bonchev–Trinajstić information content (AvgIpc) is 2.74. The molecule has 1 aromatic heterocycles. The van der Waals surface area contributed by atoms with E-state index in [2.05, 4.69) is 24.9 Å². The van der Waals surface area contributed by atoms with Crippen LogP contribution in [0, 0.1) is 6.92 Å². The minimum atomic E-state index is -0.269. The molecule has 1 heterocycles. The zero-order valence-electron chi connectivity index (χ0n) is 11.6. The van der Waals surface area contributed by atoms with Crippen LogP contribution in [0.2, 0.25) is 0 Å². The van der Waals surface area contributed by atoms with E-state index >= 15 is 0 Å². The fourth-order valence-electron chi connectivity index (χ4n) is 1.98. The number of thioether (sulfide) groups is 1. The number of hydrogen-bond acceptors (Lipinski definition) is 3. The average molecular weight is 277 g/mol. The summed E-state index contributed by atoms with van der Waals surface area (Å²) in [6.07, 6.45) is 1.07. The van der Waals surface area contributed by atoms with Crippen LogP contribution in [0.5, 0.6) is 0 Å². The Labute approximate surface area is 117 Å². The van der Waals surface area contributed by atoms with Gasteiger partial charge in [-0.2, -0.15) is 0 Å². The second kappa shape index (κ2) is 6.15. The molecule has 0 unspecified atom stereocenters. The van der Waals surface area contributed by atoms with Crippen LogP contribution in [-0.4, -0.2) is 23.3 Å². The summed E-state index contributed by atoms with van der Waals surface area (Å²) in [5.41, 5.74) is 2.77. The lowest BCUT2D eigenvalue weighted by molar-refractivity contribution is 0.0516. The van der Waals surface area contributed by atoms with E-state index in [0.29, 0.717) is 12.3 Å². The Kier molecular flexibility index (Phi) is 4.53. The van der Waals surface area contributed by atoms with Gasteiger partial charge in [-0.05, 0) is 38.2 Å². The van der Waals surface area contributed by atoms with Crippen molar-refractivity contribution in [3.8, 4) is 0 Å². The molecule has 0 radical (unpaired) electrons. The van der Waals surface area contributed by atoms with Crippen LogP contribution in [0.4, 0.5) is 0 Å². The molecule has 0 aliphatic carbocycles. The monoisotopic (exact) mass is 277 g/mol. The van der Waals surface area contributed by atoms with Gasteiger partial charge in [-0.25, -0.2) is 4.79 Å². The highest BCUT2D eigenvalue weighted by Crippen LogP contribution is 2.33. The first-order chi connectivity index (χ1) is 9.17. The predicted octanol–water partition coefficient (Wildman–Crippen LogP) is 4.16. The summed E-state index contributed by atoms with van der Waals surface area (Å²) in [6, 6.07) is 6.18. The van der Waals surface area contributed by atoms with Crippen molar-refractivity contribution in [3.63, 3.8) is 0 Å². The summed E-state index contributed by atoms with van der Waals surface area (Å²) >= 11 is 1.71. The molecule has 2 rings (SSSR count). The van der Waals surface area contributed by atoms with Crippen LogP contribution in [0.3, 0.4) is 0 Å². The number of fused-ring (bicyclic) bond motifs is 1. The number of H-pyrrole nitrogens is 1. The summed E-state index contributed by atoms with van der Waals surface area (Å²) in [5.74, 6) is 0.725. The fraction of sp³-hybridized carbons (Fsp3) is 0.400. The van der Waals surface area contributed by atoms with E-state index in [1.54, 1.807) is 11.8 Å². The van der Waals surface area contributed by atoms with Crippen molar-refractivity contribution in [2.75, 3.05) is 12.4 Å². The summed E-state index contributed by atoms with van der Waals surface area (Å²) < 4.78 is 5.12. The van der Waals surface area contributed by atoms with Crippen molar-refractivity contribution in [2.24, 2.45) is 0 Å². The minimum Gasteiger partial charge on any atom is -0.461 e. The Morgan fingerprint density at radius 3 is 2.84 bits per heavy atom. The molecule has 0 aliphatic heterocycles. The molecule has 2 aromatic rings. The van der Waals surface area contributed by atoms with Gasteiger partial charge in [-0.3, -0.25) is 0 Å². The molecule has 3 nitrogen and oxygen atoms in total. The molecule has 1 N–H and O–H groups in total. The van der Waals surface area contributed by atoms with E-state index in [0.717, 1.165) is 28.0 Å². The maximum atomic E-state index is 12.0. The highest BCUT2D eigenvalue weighted by atomic mass is 32.2. The van der Waals surface area contributed by atoms with E-state index in [1.807, 2.05) is 19.1 Å². The molecular formula is C15H19NO2S. The summed E-state index contributed by atoms with van der Waals surface area (Å²) in [5, 5.41) is 1.11. The Morgan fingerprint density at radius 2 is 2.16 bits per heavy atom. The molecule has 1 aromatic carbocycles. The number of carbonyl (C=O) groups is 1. The molecule has 0 aliphatic rings. The van der Waals surface area contributed by atoms with E-state index in [4.69, 9.17) is 4.74 Å². The molecule has 0 bridgehead atoms. The number of benzene rings is 1. The van der Waals surface area contributed by atoms with Gasteiger partial charge in [0.1, 0.15) is 5.69 Å². The van der Waals surface area contributed by atoms with Crippen molar-refractivity contribution in [3.05, 3.63) is 29.5 Å². The second-order valence-corrected chi connectivity index (χ2v) is 5.55. The van der Waals surface area contributed by atoms with Crippen LogP contribution < -0.4 is 0 Å². The fourth-order valence-corrected chi connectivity index (χ4v) is 2.99. The SMILES string of the molecule is CCCSc1c(C(=O)OCC)[nH]c2ccc(C)cc12. The highest BCUT2D eigenvalue weighted by Gasteiger charge is 2.19. The molecular weight excluding hydrogens is 258 g/mol. The summed E-state index contributed by atoms with van der Waals surface area (Å²) in [4.78, 5) is 16.2. The molecule has 0 fully saturated rings. The minimum absolute atomic E-state index is 0.269. The molecule has 0 saturated carbocycles. The first-order valence-corrected chi connectivity index (χ1v) is 7.58. The van der Waals surface area contributed by atoms with Gasteiger partial charge in [-0.15, -0.1) is 11.8 Å². The van der Waals surface area contributed by atoms with Crippen molar-refractivity contribution in [1.82, 2.24) is 4.98 Å². The van der Waals surface area contributed by atoms with Gasteiger partial charge < -0.3 is 9.72 Å². The number of carbonyl (C=O) groups excluding carboxylic acids is 1. The zero-order valence-corrected chi connectivity index (χ0v) is 12.4. The largest absolute Gasteiger partial charge is 0.461 e. The van der Waals surface area contributed by atoms with Gasteiger partial charge in [0.2, 0.25) is 0 Å². The first kappa shape index (κ1) is 14.0. The van der Waals surface area contributed by atoms with E-state index in [9.17, 15) is 4.79 Å². The van der Waals surface area contributed by atoms with E-state index in [1.165, 1.54) is 5.56 Å². The number of aromatic nitrogens is 1. The standard InChI is InChI=1S/C15H19NO2S/c1-4-8-19-14-11-9-10(3)6-7-12(11)16-13(14)15(17)18-5-2/h6-7,9,16H,4-5,8H2,1-3H3. The van der Waals surface area contributed by atoms with E-state index < -0.39 is 0 Å². The molecule has 0 amide bonds. The van der Waals surface area contributed by atoms with Crippen LogP contribution >= 0.6 is 11.8 Å². The maximum Gasteiger partial charge on any atom is 0.355 e. The highest BCUT2D eigenvalue weighted by molar-refractivity contribution is 7.99. The molecule has 102 valence electrons. The molecule has 0 atom stereocenters. The van der Waals surface area contributed by atoms with Crippen LogP contribution in [0.15, 0.2) is 23.1 Å². The number of ether oxygens (including phenoxy) is 1. The van der Waals surface area contributed by atoms with Crippen LogP contribution in [0.25, 0.3) is 10.9 Å². The Bertz CT molecular complexity index is 589. The number of rotatable bonds is 5. The summed E-state index contributed by atoms with van der Waals surface area (Å²) in [6.45, 7) is 6.41. The van der Waals surface area contributed by atoms with Crippen LogP contribution in [0.1, 0.15) is 36.3 Å². The number of hydrogen-bond donors (Lipinski definition) is 1. The lowest BCUT2D eigenvalue weighted by atomic mass is 10.2. The third kappa shape index (κ3) is 2.95. The van der Waals surface area contributed by atoms with Gasteiger partial charge in [0.15, 0.2) is 0 Å². The lowest BCUT2D eigenvalue weighted by Crippen LogP contribution is -2.06. The first-order valence-electron chi connectivity index (χ1n) is 6.59. The number of nitrogens with one attached hydrogen (secondary N) is 1. The topological polar surface area (TPSA) is 42.1 Å². The second-order valence-electron chi connectivity index (χ2n) is 4.45. The molecule has 0 spiro atoms. The Morgan fingerprint density at radius 1 is 1.37 bits per heavy atom. The Balaban J connectivity index is 2.51. The number of esters is 1. The molecule has 19 heavy (non-hydrogen) atoms. The Hall–Kier alpha value is -1.42. The van der Waals surface area contributed by atoms with Crippen molar-refractivity contribution in [1.29, 1.82) is 0 Å². The quantitative estimate of drug-likeness (QED) is 0.659. The zero-order chi connectivity index (χ0) is 13.8. The van der Waals surface area contributed by atoms with Crippen molar-refractivity contribution in [2.45, 2.75) is 32.1 Å². The normalized spacial score (nSPS) is 10.9. The molecule has 0 saturated heterocycles. The van der Waals surface area contributed by atoms with Gasteiger partial charge in [0.05, 0.1) is 6.61 Å².